The fourth-order valence-electron chi connectivity index (χ4n) is 2.47. The summed E-state index contributed by atoms with van der Waals surface area (Å²) in [6, 6.07) is 13.5. The van der Waals surface area contributed by atoms with Crippen molar-refractivity contribution >= 4 is 0 Å². The van der Waals surface area contributed by atoms with Gasteiger partial charge in [-0.05, 0) is 53.3 Å². The molecule has 0 saturated carbocycles. The van der Waals surface area contributed by atoms with Crippen molar-refractivity contribution in [2.24, 2.45) is 0 Å². The van der Waals surface area contributed by atoms with E-state index < -0.39 is 0 Å². The minimum Gasteiger partial charge on any atom is -0.316 e. The molecule has 21 heavy (non-hydrogen) atoms. The van der Waals surface area contributed by atoms with Crippen molar-refractivity contribution in [2.45, 2.75) is 39.2 Å². The van der Waals surface area contributed by atoms with Gasteiger partial charge in [0, 0.05) is 6.54 Å². The molecule has 2 rings (SSSR count). The summed E-state index contributed by atoms with van der Waals surface area (Å²) >= 11 is 0. The first kappa shape index (κ1) is 15.7. The average molecular weight is 285 g/mol. The highest BCUT2D eigenvalue weighted by atomic mass is 19.1. The molecular weight excluding hydrogens is 261 g/mol. The lowest BCUT2D eigenvalue weighted by molar-refractivity contribution is 0.506. The van der Waals surface area contributed by atoms with Crippen LogP contribution in [0.2, 0.25) is 0 Å². The summed E-state index contributed by atoms with van der Waals surface area (Å²) in [5.41, 5.74) is 4.64. The van der Waals surface area contributed by atoms with Gasteiger partial charge >= 0.3 is 0 Å². The third-order valence-corrected chi connectivity index (χ3v) is 4.30. The minimum atomic E-state index is -0.192. The maximum absolute atomic E-state index is 13.6. The second-order valence-corrected chi connectivity index (χ2v) is 6.15. The molecule has 0 unspecified atom stereocenters. The van der Waals surface area contributed by atoms with Crippen LogP contribution in [0.25, 0.3) is 11.1 Å². The Kier molecular flexibility index (Phi) is 4.79. The molecule has 0 spiro atoms. The lowest BCUT2D eigenvalue weighted by Gasteiger charge is -2.23. The van der Waals surface area contributed by atoms with Gasteiger partial charge in [0.05, 0.1) is 0 Å². The predicted octanol–water partition coefficient (Wildman–Crippen LogP) is 4.90. The molecule has 2 aromatic carbocycles. The second kappa shape index (κ2) is 6.40. The van der Waals surface area contributed by atoms with Gasteiger partial charge in [-0.1, -0.05) is 51.1 Å². The van der Waals surface area contributed by atoms with Crippen molar-refractivity contribution < 1.29 is 4.39 Å². The van der Waals surface area contributed by atoms with Crippen LogP contribution in [-0.2, 0) is 12.0 Å². The molecule has 0 radical (unpaired) electrons. The monoisotopic (exact) mass is 285 g/mol. The minimum absolute atomic E-state index is 0.175. The number of halogens is 1. The van der Waals surface area contributed by atoms with Gasteiger partial charge in [0.15, 0.2) is 0 Å². The highest BCUT2D eigenvalue weighted by Gasteiger charge is 2.17. The molecule has 0 amide bonds. The maximum atomic E-state index is 13.6. The zero-order chi connectivity index (χ0) is 15.5. The Labute approximate surface area is 127 Å². The van der Waals surface area contributed by atoms with Crippen LogP contribution in [0.3, 0.4) is 0 Å². The zero-order valence-corrected chi connectivity index (χ0v) is 13.3. The molecule has 0 aliphatic carbocycles. The number of nitrogens with one attached hydrogen (secondary N) is 1. The van der Waals surface area contributed by atoms with Crippen LogP contribution < -0.4 is 5.32 Å². The molecule has 112 valence electrons. The van der Waals surface area contributed by atoms with Gasteiger partial charge in [-0.15, -0.1) is 0 Å². The van der Waals surface area contributed by atoms with Crippen LogP contribution in [0.4, 0.5) is 4.39 Å². The van der Waals surface area contributed by atoms with Crippen molar-refractivity contribution in [3.8, 4) is 11.1 Å². The molecule has 2 heteroatoms. The Balaban J connectivity index is 2.41. The van der Waals surface area contributed by atoms with Gasteiger partial charge in [-0.3, -0.25) is 0 Å². The quantitative estimate of drug-likeness (QED) is 0.824. The lowest BCUT2D eigenvalue weighted by atomic mass is 9.81. The first-order valence-electron chi connectivity index (χ1n) is 7.52. The van der Waals surface area contributed by atoms with E-state index in [0.717, 1.165) is 29.7 Å². The van der Waals surface area contributed by atoms with E-state index >= 15 is 0 Å². The molecular formula is C19H24FN. The van der Waals surface area contributed by atoms with Crippen molar-refractivity contribution in [3.63, 3.8) is 0 Å². The van der Waals surface area contributed by atoms with Crippen LogP contribution in [0, 0.1) is 5.82 Å². The van der Waals surface area contributed by atoms with E-state index in [9.17, 15) is 4.39 Å². The highest BCUT2D eigenvalue weighted by molar-refractivity contribution is 5.68. The summed E-state index contributed by atoms with van der Waals surface area (Å²) in [5.74, 6) is -0.192. The van der Waals surface area contributed by atoms with E-state index in [-0.39, 0.29) is 11.2 Å². The van der Waals surface area contributed by atoms with E-state index in [2.05, 4.69) is 50.4 Å². The number of hydrogen-bond acceptors (Lipinski definition) is 1. The van der Waals surface area contributed by atoms with E-state index in [1.165, 1.54) is 11.6 Å². The van der Waals surface area contributed by atoms with Gasteiger partial charge < -0.3 is 5.32 Å². The summed E-state index contributed by atoms with van der Waals surface area (Å²) in [6.07, 6.45) is 1.09. The molecule has 0 heterocycles. The second-order valence-electron chi connectivity index (χ2n) is 6.15. The summed E-state index contributed by atoms with van der Waals surface area (Å²) < 4.78 is 13.6. The van der Waals surface area contributed by atoms with Crippen LogP contribution in [0.5, 0.6) is 0 Å². The molecule has 1 nitrogen and oxygen atoms in total. The molecule has 0 aromatic heterocycles. The molecule has 0 aliphatic rings. The first-order chi connectivity index (χ1) is 9.97. The fraction of sp³-hybridized carbons (Fsp3) is 0.368. The van der Waals surface area contributed by atoms with Gasteiger partial charge in [0.25, 0.3) is 0 Å². The van der Waals surface area contributed by atoms with E-state index in [4.69, 9.17) is 0 Å². The Hall–Kier alpha value is -1.67. The molecule has 0 bridgehead atoms. The van der Waals surface area contributed by atoms with Gasteiger partial charge in [0.1, 0.15) is 5.82 Å². The van der Waals surface area contributed by atoms with Crippen molar-refractivity contribution in [2.75, 3.05) is 7.05 Å². The number of rotatable bonds is 5. The van der Waals surface area contributed by atoms with Crippen molar-refractivity contribution in [1.29, 1.82) is 0 Å². The van der Waals surface area contributed by atoms with E-state index in [1.807, 2.05) is 13.1 Å². The van der Waals surface area contributed by atoms with Gasteiger partial charge in [-0.2, -0.15) is 0 Å². The first-order valence-corrected chi connectivity index (χ1v) is 7.52. The van der Waals surface area contributed by atoms with Gasteiger partial charge in [0.2, 0.25) is 0 Å². The average Bonchev–Trinajstić information content (AvgIpc) is 2.49. The van der Waals surface area contributed by atoms with Crippen molar-refractivity contribution in [3.05, 3.63) is 59.4 Å². The SMILES string of the molecule is CCC(C)(C)c1ccc(-c2cc(F)ccc2CNC)cc1. The van der Waals surface area contributed by atoms with Crippen LogP contribution in [0.1, 0.15) is 38.3 Å². The molecule has 1 N–H and O–H groups in total. The standard InChI is InChI=1S/C19H24FN/c1-5-19(2,3)16-9-6-14(7-10-16)18-12-17(20)11-8-15(18)13-21-4/h6-12,21H,5,13H2,1-4H3. The Morgan fingerprint density at radius 3 is 2.29 bits per heavy atom. The van der Waals surface area contributed by atoms with Crippen LogP contribution in [0.15, 0.2) is 42.5 Å². The number of hydrogen-bond donors (Lipinski definition) is 1. The third kappa shape index (κ3) is 3.51. The Morgan fingerprint density at radius 1 is 1.05 bits per heavy atom. The fourth-order valence-corrected chi connectivity index (χ4v) is 2.47. The van der Waals surface area contributed by atoms with E-state index in [1.54, 1.807) is 6.07 Å². The Morgan fingerprint density at radius 2 is 1.71 bits per heavy atom. The smallest absolute Gasteiger partial charge is 0.123 e. The summed E-state index contributed by atoms with van der Waals surface area (Å²) in [7, 11) is 1.90. The van der Waals surface area contributed by atoms with Crippen LogP contribution in [-0.4, -0.2) is 7.05 Å². The molecule has 0 aliphatic heterocycles. The zero-order valence-electron chi connectivity index (χ0n) is 13.3. The lowest BCUT2D eigenvalue weighted by Crippen LogP contribution is -2.15. The summed E-state index contributed by atoms with van der Waals surface area (Å²) in [6.45, 7) is 7.43. The highest BCUT2D eigenvalue weighted by Crippen LogP contribution is 2.30. The normalized spacial score (nSPS) is 11.7. The van der Waals surface area contributed by atoms with Crippen molar-refractivity contribution in [1.82, 2.24) is 5.32 Å². The summed E-state index contributed by atoms with van der Waals surface area (Å²) in [5, 5.41) is 3.14. The molecule has 0 fully saturated rings. The van der Waals surface area contributed by atoms with E-state index in [0.29, 0.717) is 0 Å². The Bertz CT molecular complexity index is 599. The topological polar surface area (TPSA) is 12.0 Å². The number of benzene rings is 2. The summed E-state index contributed by atoms with van der Waals surface area (Å²) in [4.78, 5) is 0. The molecule has 2 aromatic rings. The maximum Gasteiger partial charge on any atom is 0.123 e. The third-order valence-electron chi connectivity index (χ3n) is 4.30. The predicted molar refractivity (Wildman–Crippen MR) is 87.9 cm³/mol. The largest absolute Gasteiger partial charge is 0.316 e. The molecule has 0 atom stereocenters. The van der Waals surface area contributed by atoms with Crippen LogP contribution >= 0.6 is 0 Å². The van der Waals surface area contributed by atoms with Gasteiger partial charge in [-0.25, -0.2) is 4.39 Å². The molecule has 0 saturated heterocycles.